The van der Waals surface area contributed by atoms with Crippen molar-refractivity contribution in [2.75, 3.05) is 0 Å². The van der Waals surface area contributed by atoms with E-state index in [1.54, 1.807) is 0 Å². The predicted octanol–water partition coefficient (Wildman–Crippen LogP) is 1.56. The van der Waals surface area contributed by atoms with Gasteiger partial charge in [0, 0.05) is 0 Å². The standard InChI is InChI=1S/C13H14ClN2OSe/c1-8-3-4-10(6-12(8)14)5-11-7-15-13(18-11)16-9(2)17/h3-4,6-7,15H,5H2,1-2H3,(H,16,17). The quantitative estimate of drug-likeness (QED) is 0.827. The van der Waals surface area contributed by atoms with Gasteiger partial charge < -0.3 is 0 Å². The summed E-state index contributed by atoms with van der Waals surface area (Å²) in [6, 6.07) is 6.13. The van der Waals surface area contributed by atoms with Crippen LogP contribution < -0.4 is 10.6 Å². The average molecular weight is 329 g/mol. The van der Waals surface area contributed by atoms with Crippen LogP contribution in [0.15, 0.2) is 28.9 Å². The Morgan fingerprint density at radius 2 is 2.28 bits per heavy atom. The molecule has 0 atom stereocenters. The van der Waals surface area contributed by atoms with Crippen molar-refractivity contribution in [3.05, 3.63) is 45.0 Å². The first-order chi connectivity index (χ1) is 8.54. The minimum atomic E-state index is -0.0348. The van der Waals surface area contributed by atoms with Crippen LogP contribution in [-0.4, -0.2) is 25.1 Å². The summed E-state index contributed by atoms with van der Waals surface area (Å²) >= 11 is 6.27. The molecule has 1 aromatic rings. The Hall–Kier alpha value is -1.09. The molecule has 5 heteroatoms. The topological polar surface area (TPSA) is 41.1 Å². The van der Waals surface area contributed by atoms with Gasteiger partial charge in [-0.15, -0.1) is 0 Å². The van der Waals surface area contributed by atoms with Crippen LogP contribution in [0.3, 0.4) is 0 Å². The van der Waals surface area contributed by atoms with E-state index in [1.165, 1.54) is 17.0 Å². The van der Waals surface area contributed by atoms with Gasteiger partial charge >= 0.3 is 117 Å². The zero-order valence-corrected chi connectivity index (χ0v) is 12.7. The molecule has 1 amide bonds. The van der Waals surface area contributed by atoms with Gasteiger partial charge in [-0.1, -0.05) is 0 Å². The zero-order chi connectivity index (χ0) is 13.1. The number of halogens is 1. The van der Waals surface area contributed by atoms with E-state index < -0.39 is 0 Å². The average Bonchev–Trinajstić information content (AvgIpc) is 2.70. The Bertz CT molecular complexity index is 552. The molecule has 1 aromatic carbocycles. The van der Waals surface area contributed by atoms with Crippen LogP contribution in [-0.2, 0) is 11.2 Å². The number of hydrogen-bond acceptors (Lipinski definition) is 2. The molecule has 0 aliphatic carbocycles. The number of amides is 1. The number of nitrogens with one attached hydrogen (secondary N) is 2. The van der Waals surface area contributed by atoms with Crippen molar-refractivity contribution in [1.82, 2.24) is 10.6 Å². The molecular weight excluding hydrogens is 315 g/mol. The molecule has 0 bridgehead atoms. The van der Waals surface area contributed by atoms with Crippen molar-refractivity contribution in [1.29, 1.82) is 0 Å². The van der Waals surface area contributed by atoms with Crippen LogP contribution >= 0.6 is 11.6 Å². The van der Waals surface area contributed by atoms with Crippen LogP contribution in [0.25, 0.3) is 0 Å². The first-order valence-corrected chi connectivity index (χ1v) is 7.66. The van der Waals surface area contributed by atoms with E-state index in [2.05, 4.69) is 16.7 Å². The van der Waals surface area contributed by atoms with E-state index in [9.17, 15) is 4.79 Å². The molecule has 2 N–H and O–H groups in total. The molecule has 0 saturated carbocycles. The second kappa shape index (κ2) is 5.70. The fraction of sp³-hybridized carbons (Fsp3) is 0.231. The number of allylic oxidation sites excluding steroid dienone is 1. The molecule has 0 unspecified atom stereocenters. The number of rotatable bonds is 3. The monoisotopic (exact) mass is 329 g/mol. The Labute approximate surface area is 117 Å². The first-order valence-electron chi connectivity index (χ1n) is 5.57. The predicted molar refractivity (Wildman–Crippen MR) is 75.7 cm³/mol. The summed E-state index contributed by atoms with van der Waals surface area (Å²) in [5.41, 5.74) is 2.29. The summed E-state index contributed by atoms with van der Waals surface area (Å²) < 4.78 is 2.20. The number of aryl methyl sites for hydroxylation is 1. The molecule has 2 rings (SSSR count). The maximum absolute atomic E-state index is 10.9. The molecule has 1 radical (unpaired) electrons. The third kappa shape index (κ3) is 3.45. The van der Waals surface area contributed by atoms with E-state index in [-0.39, 0.29) is 20.4 Å². The summed E-state index contributed by atoms with van der Waals surface area (Å²) in [6.45, 7) is 3.51. The minimum absolute atomic E-state index is 0.0348. The van der Waals surface area contributed by atoms with Crippen molar-refractivity contribution in [3.8, 4) is 0 Å². The van der Waals surface area contributed by atoms with Crippen LogP contribution in [0.4, 0.5) is 0 Å². The van der Waals surface area contributed by atoms with Gasteiger partial charge in [-0.2, -0.15) is 0 Å². The number of carbonyl (C=O) groups is 1. The van der Waals surface area contributed by atoms with Crippen LogP contribution in [0.5, 0.6) is 0 Å². The van der Waals surface area contributed by atoms with Gasteiger partial charge in [-0.3, -0.25) is 0 Å². The van der Waals surface area contributed by atoms with E-state index in [4.69, 9.17) is 11.6 Å². The number of carbonyl (C=O) groups excluding carboxylic acids is 1. The van der Waals surface area contributed by atoms with Gasteiger partial charge in [-0.05, 0) is 0 Å². The van der Waals surface area contributed by atoms with E-state index in [0.717, 1.165) is 21.7 Å². The van der Waals surface area contributed by atoms with Crippen molar-refractivity contribution in [3.63, 3.8) is 0 Å². The fourth-order valence-electron chi connectivity index (χ4n) is 1.59. The van der Waals surface area contributed by atoms with Crippen LogP contribution in [0, 0.1) is 6.92 Å². The molecule has 1 aliphatic heterocycles. The first kappa shape index (κ1) is 13.3. The fourth-order valence-corrected chi connectivity index (χ4v) is 3.75. The maximum atomic E-state index is 10.9. The normalized spacial score (nSPS) is 13.7. The summed E-state index contributed by atoms with van der Waals surface area (Å²) in [6.07, 6.45) is 2.84. The Morgan fingerprint density at radius 1 is 1.50 bits per heavy atom. The van der Waals surface area contributed by atoms with E-state index in [1.807, 2.05) is 25.3 Å². The Morgan fingerprint density at radius 3 is 2.94 bits per heavy atom. The van der Waals surface area contributed by atoms with Gasteiger partial charge in [0.15, 0.2) is 0 Å². The van der Waals surface area contributed by atoms with Gasteiger partial charge in [0.1, 0.15) is 0 Å². The molecule has 0 fully saturated rings. The van der Waals surface area contributed by atoms with Crippen LogP contribution in [0.1, 0.15) is 18.1 Å². The Balaban J connectivity index is 2.04. The summed E-state index contributed by atoms with van der Waals surface area (Å²) in [4.78, 5) is 10.9. The van der Waals surface area contributed by atoms with Crippen molar-refractivity contribution in [2.24, 2.45) is 0 Å². The summed E-state index contributed by atoms with van der Waals surface area (Å²) in [5, 5.41) is 6.70. The van der Waals surface area contributed by atoms with E-state index >= 15 is 0 Å². The second-order valence-corrected chi connectivity index (χ2v) is 6.92. The SMILES string of the molecule is CC(=O)NC1=[Se]C(Cc2ccc(C)c(Cl)c2)=CN1. The molecule has 18 heavy (non-hydrogen) atoms. The van der Waals surface area contributed by atoms with Gasteiger partial charge in [-0.25, -0.2) is 0 Å². The third-order valence-electron chi connectivity index (χ3n) is 2.50. The molecule has 0 saturated heterocycles. The number of hydrogen-bond donors (Lipinski definition) is 2. The molecule has 0 aromatic heterocycles. The molecule has 1 heterocycles. The molecule has 3 nitrogen and oxygen atoms in total. The van der Waals surface area contributed by atoms with Crippen molar-refractivity contribution >= 4 is 36.7 Å². The molecule has 95 valence electrons. The van der Waals surface area contributed by atoms with E-state index in [0.29, 0.717) is 0 Å². The van der Waals surface area contributed by atoms with Crippen LogP contribution in [0.2, 0.25) is 5.02 Å². The zero-order valence-electron chi connectivity index (χ0n) is 10.2. The summed E-state index contributed by atoms with van der Waals surface area (Å²) in [5.74, 6) is -0.0348. The van der Waals surface area contributed by atoms with Gasteiger partial charge in [0.25, 0.3) is 0 Å². The number of benzene rings is 1. The molecule has 1 aliphatic rings. The third-order valence-corrected chi connectivity index (χ3v) is 4.90. The molecule has 0 spiro atoms. The second-order valence-electron chi connectivity index (χ2n) is 4.13. The van der Waals surface area contributed by atoms with Gasteiger partial charge in [0.2, 0.25) is 0 Å². The Kier molecular flexibility index (Phi) is 4.23. The van der Waals surface area contributed by atoms with Gasteiger partial charge in [0.05, 0.1) is 0 Å². The van der Waals surface area contributed by atoms with Crippen molar-refractivity contribution in [2.45, 2.75) is 20.3 Å². The summed E-state index contributed by atoms with van der Waals surface area (Å²) in [7, 11) is 0. The molecular formula is C13H14ClN2OSe. The van der Waals surface area contributed by atoms with Crippen molar-refractivity contribution < 1.29 is 4.79 Å².